The van der Waals surface area contributed by atoms with Crippen molar-refractivity contribution in [3.05, 3.63) is 23.1 Å². The predicted octanol–water partition coefficient (Wildman–Crippen LogP) is 4.14. The van der Waals surface area contributed by atoms with Gasteiger partial charge in [-0.25, -0.2) is 0 Å². The van der Waals surface area contributed by atoms with Crippen LogP contribution in [-0.4, -0.2) is 5.11 Å². The summed E-state index contributed by atoms with van der Waals surface area (Å²) in [5, 5.41) is 10.7. The third kappa shape index (κ3) is 2.36. The van der Waals surface area contributed by atoms with E-state index in [1.54, 1.807) is 0 Å². The van der Waals surface area contributed by atoms with Crippen molar-refractivity contribution in [2.75, 3.05) is 0 Å². The topological polar surface area (TPSA) is 46.2 Å². The van der Waals surface area contributed by atoms with Gasteiger partial charge >= 0.3 is 0 Å². The Morgan fingerprint density at radius 1 is 1.18 bits per heavy atom. The fourth-order valence-electron chi connectivity index (χ4n) is 2.28. The van der Waals surface area contributed by atoms with Crippen LogP contribution >= 0.6 is 0 Å². The molecule has 0 saturated heterocycles. The Morgan fingerprint density at radius 2 is 1.65 bits per heavy atom. The van der Waals surface area contributed by atoms with Crippen molar-refractivity contribution in [3.63, 3.8) is 0 Å². The van der Waals surface area contributed by atoms with Crippen molar-refractivity contribution in [1.82, 2.24) is 0 Å². The molecule has 17 heavy (non-hydrogen) atoms. The molecule has 0 spiro atoms. The van der Waals surface area contributed by atoms with Crippen LogP contribution in [0.4, 0.5) is 0 Å². The Labute approximate surface area is 106 Å². The Balaban J connectivity index is 3.42. The van der Waals surface area contributed by atoms with E-state index in [1.165, 1.54) is 0 Å². The van der Waals surface area contributed by atoms with E-state index >= 15 is 0 Å². The molecule has 0 aromatic carbocycles. The van der Waals surface area contributed by atoms with E-state index in [0.717, 1.165) is 11.3 Å². The van der Waals surface area contributed by atoms with Crippen LogP contribution < -0.4 is 5.73 Å². The van der Waals surface area contributed by atoms with Crippen LogP contribution in [0.3, 0.4) is 0 Å². The van der Waals surface area contributed by atoms with Gasteiger partial charge in [-0.15, -0.1) is 0 Å². The molecule has 2 heteroatoms. The third-order valence-corrected chi connectivity index (χ3v) is 4.10. The van der Waals surface area contributed by atoms with Crippen molar-refractivity contribution in [2.24, 2.45) is 22.0 Å². The molecule has 0 heterocycles. The summed E-state index contributed by atoms with van der Waals surface area (Å²) in [6, 6.07) is 0. The molecule has 1 unspecified atom stereocenters. The van der Waals surface area contributed by atoms with E-state index in [2.05, 4.69) is 48.5 Å². The number of hydrogen-bond donors (Lipinski definition) is 2. The van der Waals surface area contributed by atoms with E-state index in [4.69, 9.17) is 5.73 Å². The standard InChI is InChI=1S/C15H27NO/c1-13(2,3)11-8-10(16)9-15(7,12(11)17)14(4,5)6/h9,17H,8,16H2,1-7H3. The fourth-order valence-corrected chi connectivity index (χ4v) is 2.28. The van der Waals surface area contributed by atoms with Crippen LogP contribution in [0.5, 0.6) is 0 Å². The summed E-state index contributed by atoms with van der Waals surface area (Å²) in [6.45, 7) is 14.9. The molecule has 1 atom stereocenters. The zero-order chi connectivity index (χ0) is 13.6. The second-order valence-corrected chi connectivity index (χ2v) is 7.43. The van der Waals surface area contributed by atoms with Crippen LogP contribution in [-0.2, 0) is 0 Å². The van der Waals surface area contributed by atoms with Gasteiger partial charge < -0.3 is 10.8 Å². The molecule has 0 saturated carbocycles. The average molecular weight is 237 g/mol. The first-order chi connectivity index (χ1) is 7.39. The van der Waals surface area contributed by atoms with E-state index in [9.17, 15) is 5.11 Å². The lowest BCUT2D eigenvalue weighted by Crippen LogP contribution is -2.38. The Bertz CT molecular complexity index is 377. The van der Waals surface area contributed by atoms with Crippen molar-refractivity contribution in [3.8, 4) is 0 Å². The van der Waals surface area contributed by atoms with Gasteiger partial charge in [0.1, 0.15) is 5.76 Å². The minimum Gasteiger partial charge on any atom is -0.511 e. The maximum atomic E-state index is 10.7. The van der Waals surface area contributed by atoms with Gasteiger partial charge in [-0.05, 0) is 23.3 Å². The predicted molar refractivity (Wildman–Crippen MR) is 73.6 cm³/mol. The monoisotopic (exact) mass is 237 g/mol. The van der Waals surface area contributed by atoms with Crippen LogP contribution in [0, 0.1) is 16.2 Å². The second-order valence-electron chi connectivity index (χ2n) is 7.43. The van der Waals surface area contributed by atoms with Crippen LogP contribution in [0.1, 0.15) is 54.9 Å². The Kier molecular flexibility index (Phi) is 3.15. The first kappa shape index (κ1) is 14.1. The largest absolute Gasteiger partial charge is 0.511 e. The van der Waals surface area contributed by atoms with Gasteiger partial charge in [0, 0.05) is 17.5 Å². The van der Waals surface area contributed by atoms with E-state index in [1.807, 2.05) is 6.08 Å². The van der Waals surface area contributed by atoms with Crippen LogP contribution in [0.15, 0.2) is 23.1 Å². The summed E-state index contributed by atoms with van der Waals surface area (Å²) in [7, 11) is 0. The van der Waals surface area contributed by atoms with E-state index < -0.39 is 0 Å². The highest BCUT2D eigenvalue weighted by Crippen LogP contribution is 2.51. The lowest BCUT2D eigenvalue weighted by Gasteiger charge is -2.44. The molecule has 0 aromatic heterocycles. The number of aliphatic hydroxyl groups excluding tert-OH is 1. The molecule has 3 N–H and O–H groups in total. The van der Waals surface area contributed by atoms with Gasteiger partial charge in [-0.3, -0.25) is 0 Å². The summed E-state index contributed by atoms with van der Waals surface area (Å²) in [6.07, 6.45) is 2.71. The molecule has 0 aromatic rings. The van der Waals surface area contributed by atoms with Gasteiger partial charge in [0.2, 0.25) is 0 Å². The van der Waals surface area contributed by atoms with Crippen molar-refractivity contribution < 1.29 is 5.11 Å². The lowest BCUT2D eigenvalue weighted by atomic mass is 9.61. The molecule has 0 aliphatic heterocycles. The molecule has 1 rings (SSSR count). The molecule has 98 valence electrons. The smallest absolute Gasteiger partial charge is 0.103 e. The first-order valence-corrected chi connectivity index (χ1v) is 6.30. The van der Waals surface area contributed by atoms with Crippen LogP contribution in [0.2, 0.25) is 0 Å². The summed E-state index contributed by atoms with van der Waals surface area (Å²) in [5.74, 6) is 0.506. The summed E-state index contributed by atoms with van der Waals surface area (Å²) in [5.41, 5.74) is 7.52. The van der Waals surface area contributed by atoms with E-state index in [0.29, 0.717) is 12.2 Å². The first-order valence-electron chi connectivity index (χ1n) is 6.30. The maximum Gasteiger partial charge on any atom is 0.103 e. The second kappa shape index (κ2) is 3.79. The van der Waals surface area contributed by atoms with Gasteiger partial charge in [0.05, 0.1) is 0 Å². The number of hydrogen-bond acceptors (Lipinski definition) is 2. The van der Waals surface area contributed by atoms with Gasteiger partial charge in [-0.1, -0.05) is 47.6 Å². The molecule has 0 fully saturated rings. The minimum atomic E-state index is -0.377. The minimum absolute atomic E-state index is 0.0462. The fraction of sp³-hybridized carbons (Fsp3) is 0.733. The quantitative estimate of drug-likeness (QED) is 0.665. The Hall–Kier alpha value is -0.920. The third-order valence-electron chi connectivity index (χ3n) is 4.10. The molecule has 1 aliphatic carbocycles. The number of allylic oxidation sites excluding steroid dienone is 2. The average Bonchev–Trinajstić information content (AvgIpc) is 2.07. The number of aliphatic hydroxyl groups is 1. The number of nitrogens with two attached hydrogens (primary N) is 1. The normalized spacial score (nSPS) is 27.1. The van der Waals surface area contributed by atoms with E-state index in [-0.39, 0.29) is 16.2 Å². The van der Waals surface area contributed by atoms with Crippen molar-refractivity contribution >= 4 is 0 Å². The summed E-state index contributed by atoms with van der Waals surface area (Å²) < 4.78 is 0. The zero-order valence-corrected chi connectivity index (χ0v) is 12.3. The van der Waals surface area contributed by atoms with Gasteiger partial charge in [0.15, 0.2) is 0 Å². The molecule has 0 radical (unpaired) electrons. The van der Waals surface area contributed by atoms with Gasteiger partial charge in [-0.2, -0.15) is 0 Å². The summed E-state index contributed by atoms with van der Waals surface area (Å²) in [4.78, 5) is 0. The highest BCUT2D eigenvalue weighted by atomic mass is 16.3. The lowest BCUT2D eigenvalue weighted by molar-refractivity contribution is 0.130. The maximum absolute atomic E-state index is 10.7. The molecule has 0 amide bonds. The highest BCUT2D eigenvalue weighted by Gasteiger charge is 2.44. The number of rotatable bonds is 0. The van der Waals surface area contributed by atoms with Crippen molar-refractivity contribution in [2.45, 2.75) is 54.9 Å². The highest BCUT2D eigenvalue weighted by molar-refractivity contribution is 5.36. The molecular formula is C15H27NO. The van der Waals surface area contributed by atoms with Crippen LogP contribution in [0.25, 0.3) is 0 Å². The Morgan fingerprint density at radius 3 is 2.00 bits per heavy atom. The molecule has 1 aliphatic rings. The molecule has 2 nitrogen and oxygen atoms in total. The van der Waals surface area contributed by atoms with Crippen molar-refractivity contribution in [1.29, 1.82) is 0 Å². The summed E-state index contributed by atoms with van der Waals surface area (Å²) >= 11 is 0. The zero-order valence-electron chi connectivity index (χ0n) is 12.3. The molecular weight excluding hydrogens is 210 g/mol. The van der Waals surface area contributed by atoms with Gasteiger partial charge in [0.25, 0.3) is 0 Å². The SMILES string of the molecule is CC(C)(C)C1=C(O)C(C)(C(C)(C)C)C=C(N)C1. The molecule has 0 bridgehead atoms.